The number of hydrogen-bond donors (Lipinski definition) is 0. The Labute approximate surface area is 74.8 Å². The topological polar surface area (TPSA) is 0 Å². The van der Waals surface area contributed by atoms with Gasteiger partial charge in [-0.05, 0) is 33.5 Å². The molecule has 0 fully saturated rings. The lowest BCUT2D eigenvalue weighted by molar-refractivity contribution is 1.46. The second-order valence-corrected chi connectivity index (χ2v) is 3.47. The first kappa shape index (κ1) is 7.14. The van der Waals surface area contributed by atoms with Crippen LogP contribution in [0.1, 0.15) is 5.56 Å². The molecule has 0 saturated carbocycles. The van der Waals surface area contributed by atoms with Crippen molar-refractivity contribution in [2.45, 2.75) is 5.88 Å². The third kappa shape index (κ3) is 1.15. The van der Waals surface area contributed by atoms with Crippen LogP contribution >= 0.6 is 22.9 Å². The summed E-state index contributed by atoms with van der Waals surface area (Å²) in [6.45, 7) is 0. The largest absolute Gasteiger partial charge is 0.152 e. The molecule has 0 unspecified atom stereocenters. The first-order valence-electron chi connectivity index (χ1n) is 3.41. The van der Waals surface area contributed by atoms with Crippen molar-refractivity contribution < 1.29 is 0 Å². The van der Waals surface area contributed by atoms with Gasteiger partial charge in [-0.25, -0.2) is 0 Å². The molecule has 0 bridgehead atoms. The van der Waals surface area contributed by atoms with Gasteiger partial charge in [0.25, 0.3) is 0 Å². The van der Waals surface area contributed by atoms with E-state index in [0.717, 1.165) is 0 Å². The number of rotatable bonds is 1. The number of hydrogen-bond acceptors (Lipinski definition) is 1. The van der Waals surface area contributed by atoms with Gasteiger partial charge in [-0.3, -0.25) is 0 Å². The van der Waals surface area contributed by atoms with Crippen LogP contribution in [-0.4, -0.2) is 0 Å². The van der Waals surface area contributed by atoms with E-state index in [1.807, 2.05) is 0 Å². The highest BCUT2D eigenvalue weighted by Crippen LogP contribution is 2.29. The predicted molar refractivity (Wildman–Crippen MR) is 50.5 cm³/mol. The summed E-state index contributed by atoms with van der Waals surface area (Å²) in [6.07, 6.45) is 0. The maximum Gasteiger partial charge on any atom is 0.0480 e. The van der Waals surface area contributed by atoms with E-state index < -0.39 is 0 Å². The van der Waals surface area contributed by atoms with Gasteiger partial charge in [-0.1, -0.05) is 12.1 Å². The van der Waals surface area contributed by atoms with Crippen molar-refractivity contribution in [1.82, 2.24) is 0 Å². The molecule has 0 radical (unpaired) electrons. The minimum Gasteiger partial charge on any atom is -0.152 e. The Hall–Kier alpha value is -0.530. The van der Waals surface area contributed by atoms with Crippen LogP contribution in [0.25, 0.3) is 11.1 Å². The third-order valence-electron chi connectivity index (χ3n) is 1.77. The Balaban J connectivity index is 2.64. The Morgan fingerprint density at radius 1 is 1.27 bits per heavy atom. The van der Waals surface area contributed by atoms with Gasteiger partial charge in [0.2, 0.25) is 0 Å². The summed E-state index contributed by atoms with van der Waals surface area (Å²) in [4.78, 5) is 0. The number of halogens is 1. The van der Waals surface area contributed by atoms with E-state index in [0.29, 0.717) is 5.88 Å². The van der Waals surface area contributed by atoms with E-state index in [9.17, 15) is 0 Å². The van der Waals surface area contributed by atoms with Crippen molar-refractivity contribution in [2.75, 3.05) is 0 Å². The zero-order chi connectivity index (χ0) is 7.68. The molecule has 1 heterocycles. The van der Waals surface area contributed by atoms with Crippen LogP contribution < -0.4 is 0 Å². The summed E-state index contributed by atoms with van der Waals surface area (Å²) in [6, 6.07) is 6.33. The summed E-state index contributed by atoms with van der Waals surface area (Å²) in [5.41, 5.74) is 3.82. The van der Waals surface area contributed by atoms with Crippen LogP contribution in [0, 0.1) is 0 Å². The van der Waals surface area contributed by atoms with Gasteiger partial charge in [0.05, 0.1) is 0 Å². The van der Waals surface area contributed by atoms with E-state index in [4.69, 9.17) is 11.6 Å². The lowest BCUT2D eigenvalue weighted by atomic mass is 10.1. The highest BCUT2D eigenvalue weighted by Gasteiger charge is 2.05. The lowest BCUT2D eigenvalue weighted by Gasteiger charge is -1.97. The molecule has 2 rings (SSSR count). The smallest absolute Gasteiger partial charge is 0.0480 e. The van der Waals surface area contributed by atoms with Gasteiger partial charge in [-0.2, -0.15) is 11.3 Å². The average molecular weight is 183 g/mol. The number of alkyl halides is 1. The summed E-state index contributed by atoms with van der Waals surface area (Å²) in [7, 11) is 0. The quantitative estimate of drug-likeness (QED) is 0.592. The molecule has 0 atom stereocenters. The predicted octanol–water partition coefficient (Wildman–Crippen LogP) is 3.59. The zero-order valence-corrected chi connectivity index (χ0v) is 7.45. The summed E-state index contributed by atoms with van der Waals surface area (Å²) >= 11 is 7.46. The SMILES string of the molecule is ClCc1ccc2csccc1-2. The molecule has 56 valence electrons. The van der Waals surface area contributed by atoms with E-state index in [-0.39, 0.29) is 0 Å². The zero-order valence-electron chi connectivity index (χ0n) is 5.88. The van der Waals surface area contributed by atoms with Crippen LogP contribution in [0.4, 0.5) is 0 Å². The van der Waals surface area contributed by atoms with Gasteiger partial charge in [0.1, 0.15) is 0 Å². The van der Waals surface area contributed by atoms with Crippen LogP contribution in [0.2, 0.25) is 0 Å². The molecule has 0 saturated heterocycles. The van der Waals surface area contributed by atoms with Gasteiger partial charge in [0, 0.05) is 5.88 Å². The van der Waals surface area contributed by atoms with Crippen LogP contribution in [-0.2, 0) is 5.88 Å². The van der Waals surface area contributed by atoms with Crippen molar-refractivity contribution >= 4 is 22.9 Å². The minimum absolute atomic E-state index is 0.609. The molecule has 0 aromatic carbocycles. The van der Waals surface area contributed by atoms with Gasteiger partial charge >= 0.3 is 0 Å². The van der Waals surface area contributed by atoms with Crippen LogP contribution in [0.15, 0.2) is 29.0 Å². The molecule has 2 aliphatic rings. The van der Waals surface area contributed by atoms with Gasteiger partial charge < -0.3 is 0 Å². The lowest BCUT2D eigenvalue weighted by Crippen LogP contribution is -1.75. The fourth-order valence-corrected chi connectivity index (χ4v) is 2.08. The Bertz CT molecular complexity index is 326. The monoisotopic (exact) mass is 182 g/mol. The Morgan fingerprint density at radius 3 is 3.00 bits per heavy atom. The Morgan fingerprint density at radius 2 is 2.18 bits per heavy atom. The van der Waals surface area contributed by atoms with Crippen molar-refractivity contribution in [3.8, 4) is 11.1 Å². The minimum atomic E-state index is 0.609. The average Bonchev–Trinajstić information content (AvgIpc) is 2.47. The first-order valence-corrected chi connectivity index (χ1v) is 4.89. The molecule has 2 heteroatoms. The van der Waals surface area contributed by atoms with E-state index >= 15 is 0 Å². The molecular formula is C9H7ClS. The highest BCUT2D eigenvalue weighted by molar-refractivity contribution is 7.07. The molecule has 0 aromatic rings. The second-order valence-electron chi connectivity index (χ2n) is 2.42. The fraction of sp³-hybridized carbons (Fsp3) is 0.111. The highest BCUT2D eigenvalue weighted by atomic mass is 35.5. The Kier molecular flexibility index (Phi) is 1.84. The molecule has 0 N–H and O–H groups in total. The van der Waals surface area contributed by atoms with Crippen molar-refractivity contribution in [1.29, 1.82) is 0 Å². The number of fused-ring (bicyclic) bond motifs is 1. The molecule has 0 spiro atoms. The fourth-order valence-electron chi connectivity index (χ4n) is 1.20. The van der Waals surface area contributed by atoms with Crippen molar-refractivity contribution in [3.63, 3.8) is 0 Å². The van der Waals surface area contributed by atoms with Gasteiger partial charge in [-0.15, -0.1) is 11.6 Å². The molecule has 0 amide bonds. The van der Waals surface area contributed by atoms with E-state index in [1.54, 1.807) is 11.3 Å². The van der Waals surface area contributed by atoms with Gasteiger partial charge in [0.15, 0.2) is 0 Å². The van der Waals surface area contributed by atoms with Crippen LogP contribution in [0.5, 0.6) is 0 Å². The third-order valence-corrected chi connectivity index (χ3v) is 2.74. The van der Waals surface area contributed by atoms with E-state index in [2.05, 4.69) is 29.0 Å². The molecule has 11 heavy (non-hydrogen) atoms. The second kappa shape index (κ2) is 2.84. The molecule has 1 aliphatic carbocycles. The summed E-state index contributed by atoms with van der Waals surface area (Å²) < 4.78 is 0. The molecule has 0 nitrogen and oxygen atoms in total. The maximum absolute atomic E-state index is 5.75. The summed E-state index contributed by atoms with van der Waals surface area (Å²) in [5, 5.41) is 4.23. The van der Waals surface area contributed by atoms with Crippen molar-refractivity contribution in [3.05, 3.63) is 34.5 Å². The first-order chi connectivity index (χ1) is 5.42. The van der Waals surface area contributed by atoms with Crippen molar-refractivity contribution in [2.24, 2.45) is 0 Å². The standard InChI is InChI=1S/C9H7ClS/c10-5-7-1-2-8-6-11-4-3-9(7)8/h1-4,6H,5H2. The normalized spacial score (nSPS) is 10.6. The molecular weight excluding hydrogens is 176 g/mol. The van der Waals surface area contributed by atoms with Crippen LogP contribution in [0.3, 0.4) is 0 Å². The van der Waals surface area contributed by atoms with E-state index in [1.165, 1.54) is 16.7 Å². The molecule has 1 aliphatic heterocycles. The summed E-state index contributed by atoms with van der Waals surface area (Å²) in [5.74, 6) is 0.609. The molecule has 0 aromatic heterocycles. The maximum atomic E-state index is 5.75.